The first-order valence-electron chi connectivity index (χ1n) is 11.2. The molecule has 1 unspecified atom stereocenters. The van der Waals surface area contributed by atoms with E-state index in [4.69, 9.17) is 23.2 Å². The van der Waals surface area contributed by atoms with Crippen molar-refractivity contribution in [2.75, 3.05) is 13.1 Å². The molecular weight excluding hydrogens is 473 g/mol. The first-order chi connectivity index (χ1) is 16.4. The van der Waals surface area contributed by atoms with Crippen molar-refractivity contribution in [1.29, 1.82) is 0 Å². The number of hydrogen-bond acceptors (Lipinski definition) is 3. The summed E-state index contributed by atoms with van der Waals surface area (Å²) in [7, 11) is 0. The molecule has 0 spiro atoms. The van der Waals surface area contributed by atoms with E-state index in [2.05, 4.69) is 5.32 Å². The molecule has 2 heterocycles. The van der Waals surface area contributed by atoms with Crippen LogP contribution in [0.3, 0.4) is 0 Å². The van der Waals surface area contributed by atoms with Gasteiger partial charge in [-0.05, 0) is 48.2 Å². The van der Waals surface area contributed by atoms with Crippen LogP contribution >= 0.6 is 23.2 Å². The van der Waals surface area contributed by atoms with Gasteiger partial charge in [-0.25, -0.2) is 0 Å². The van der Waals surface area contributed by atoms with E-state index in [1.165, 1.54) is 6.07 Å². The minimum Gasteiger partial charge on any atom is -0.352 e. The second-order valence-corrected chi connectivity index (χ2v) is 9.23. The number of carbonyl (C=O) groups is 2. The van der Waals surface area contributed by atoms with Crippen LogP contribution in [-0.4, -0.2) is 34.4 Å². The zero-order valence-electron chi connectivity index (χ0n) is 18.5. The van der Waals surface area contributed by atoms with Crippen LogP contribution in [0.1, 0.15) is 34.3 Å². The number of pyridine rings is 1. The molecule has 0 saturated carbocycles. The van der Waals surface area contributed by atoms with E-state index in [0.717, 1.165) is 24.0 Å². The fraction of sp³-hybridized carbons (Fsp3) is 0.269. The highest BCUT2D eigenvalue weighted by atomic mass is 35.5. The molecule has 1 atom stereocenters. The number of aromatic nitrogens is 1. The highest BCUT2D eigenvalue weighted by Crippen LogP contribution is 2.25. The van der Waals surface area contributed by atoms with Crippen molar-refractivity contribution in [1.82, 2.24) is 14.8 Å². The molecule has 1 fully saturated rings. The number of nitrogens with one attached hydrogen (secondary N) is 1. The lowest BCUT2D eigenvalue weighted by Crippen LogP contribution is -2.45. The number of likely N-dealkylation sites (tertiary alicyclic amines) is 1. The number of nitrogens with zero attached hydrogens (tertiary/aromatic N) is 2. The lowest BCUT2D eigenvalue weighted by Gasteiger charge is -2.32. The highest BCUT2D eigenvalue weighted by molar-refractivity contribution is 6.42. The van der Waals surface area contributed by atoms with Crippen molar-refractivity contribution in [3.63, 3.8) is 0 Å². The maximum atomic E-state index is 12.9. The second kappa shape index (κ2) is 10.9. The Kier molecular flexibility index (Phi) is 7.70. The Morgan fingerprint density at radius 3 is 2.47 bits per heavy atom. The molecule has 34 heavy (non-hydrogen) atoms. The zero-order valence-corrected chi connectivity index (χ0v) is 20.1. The third kappa shape index (κ3) is 5.88. The second-order valence-electron chi connectivity index (χ2n) is 8.42. The summed E-state index contributed by atoms with van der Waals surface area (Å²) in [5.74, 6) is -0.472. The fourth-order valence-electron chi connectivity index (χ4n) is 4.07. The summed E-state index contributed by atoms with van der Waals surface area (Å²) in [6.07, 6.45) is 3.26. The maximum Gasteiger partial charge on any atom is 0.253 e. The molecule has 8 heteroatoms. The van der Waals surface area contributed by atoms with Gasteiger partial charge in [-0.15, -0.1) is 0 Å². The zero-order chi connectivity index (χ0) is 24.1. The molecule has 4 rings (SSSR count). The Morgan fingerprint density at radius 2 is 1.74 bits per heavy atom. The summed E-state index contributed by atoms with van der Waals surface area (Å²) < 4.78 is 1.64. The van der Waals surface area contributed by atoms with Crippen LogP contribution in [-0.2, 0) is 17.9 Å². The third-order valence-electron chi connectivity index (χ3n) is 5.99. The molecule has 1 aromatic heterocycles. The first kappa shape index (κ1) is 24.0. The Balaban J connectivity index is 1.31. The van der Waals surface area contributed by atoms with Crippen LogP contribution in [0.4, 0.5) is 0 Å². The number of benzene rings is 2. The van der Waals surface area contributed by atoms with E-state index in [1.807, 2.05) is 30.3 Å². The van der Waals surface area contributed by atoms with Gasteiger partial charge in [0.25, 0.3) is 11.5 Å². The van der Waals surface area contributed by atoms with E-state index in [1.54, 1.807) is 39.9 Å². The fourth-order valence-corrected chi connectivity index (χ4v) is 4.37. The monoisotopic (exact) mass is 497 g/mol. The predicted molar refractivity (Wildman–Crippen MR) is 133 cm³/mol. The summed E-state index contributed by atoms with van der Waals surface area (Å²) in [6.45, 7) is 1.88. The summed E-state index contributed by atoms with van der Waals surface area (Å²) in [6, 6.07) is 17.7. The van der Waals surface area contributed by atoms with Crippen molar-refractivity contribution in [3.05, 3.63) is 104 Å². The topological polar surface area (TPSA) is 71.4 Å². The average molecular weight is 498 g/mol. The number of piperidine rings is 1. The molecule has 0 bridgehead atoms. The minimum absolute atomic E-state index is 0.0435. The molecule has 6 nitrogen and oxygen atoms in total. The number of amides is 2. The van der Waals surface area contributed by atoms with E-state index >= 15 is 0 Å². The summed E-state index contributed by atoms with van der Waals surface area (Å²) in [4.78, 5) is 39.2. The van der Waals surface area contributed by atoms with Gasteiger partial charge in [-0.3, -0.25) is 14.4 Å². The number of carbonyl (C=O) groups excluding carboxylic acids is 2. The molecular formula is C26H25Cl2N3O3. The summed E-state index contributed by atoms with van der Waals surface area (Å²) >= 11 is 12.0. The quantitative estimate of drug-likeness (QED) is 0.549. The molecule has 1 N–H and O–H groups in total. The summed E-state index contributed by atoms with van der Waals surface area (Å²) in [5.41, 5.74) is 2.40. The van der Waals surface area contributed by atoms with Crippen LogP contribution in [0.25, 0.3) is 0 Å². The van der Waals surface area contributed by atoms with Gasteiger partial charge in [0.05, 0.1) is 22.5 Å². The molecule has 0 aliphatic carbocycles. The molecule has 176 valence electrons. The van der Waals surface area contributed by atoms with Crippen molar-refractivity contribution < 1.29 is 9.59 Å². The maximum absolute atomic E-state index is 12.9. The molecule has 3 aromatic rings. The lowest BCUT2D eigenvalue weighted by atomic mass is 9.96. The molecule has 2 amide bonds. The molecule has 1 saturated heterocycles. The van der Waals surface area contributed by atoms with Gasteiger partial charge in [0.15, 0.2) is 0 Å². The van der Waals surface area contributed by atoms with Gasteiger partial charge in [0.2, 0.25) is 5.91 Å². The minimum atomic E-state index is -0.260. The van der Waals surface area contributed by atoms with Gasteiger partial charge in [0.1, 0.15) is 0 Å². The van der Waals surface area contributed by atoms with Gasteiger partial charge in [-0.2, -0.15) is 0 Å². The molecule has 1 aliphatic heterocycles. The Hall–Kier alpha value is -3.09. The van der Waals surface area contributed by atoms with Gasteiger partial charge in [0, 0.05) is 37.5 Å². The van der Waals surface area contributed by atoms with Crippen LogP contribution < -0.4 is 10.9 Å². The number of rotatable bonds is 6. The predicted octanol–water partition coefficient (Wildman–Crippen LogP) is 4.37. The van der Waals surface area contributed by atoms with Crippen LogP contribution in [0.2, 0.25) is 10.0 Å². The standard InChI is InChI=1S/C26H25Cl2N3O3/c27-22-11-10-20(14-23(22)28)26(34)31-13-3-4-21(17-31)25(33)29-15-18-6-8-19(9-7-18)16-30-12-2-1-5-24(30)32/h1-2,5-12,14,21H,3-4,13,15-17H2,(H,29,33). The summed E-state index contributed by atoms with van der Waals surface area (Å²) in [5, 5.41) is 3.73. The van der Waals surface area contributed by atoms with E-state index in [0.29, 0.717) is 41.8 Å². The van der Waals surface area contributed by atoms with Gasteiger partial charge >= 0.3 is 0 Å². The van der Waals surface area contributed by atoms with Crippen molar-refractivity contribution in [2.45, 2.75) is 25.9 Å². The smallest absolute Gasteiger partial charge is 0.253 e. The molecule has 0 radical (unpaired) electrons. The normalized spacial score (nSPS) is 15.7. The number of halogens is 2. The van der Waals surface area contributed by atoms with Gasteiger partial charge < -0.3 is 14.8 Å². The Morgan fingerprint density at radius 1 is 0.971 bits per heavy atom. The molecule has 1 aliphatic rings. The largest absolute Gasteiger partial charge is 0.352 e. The molecule has 2 aromatic carbocycles. The lowest BCUT2D eigenvalue weighted by molar-refractivity contribution is -0.126. The van der Waals surface area contributed by atoms with E-state index in [9.17, 15) is 14.4 Å². The van der Waals surface area contributed by atoms with Gasteiger partial charge in [-0.1, -0.05) is 53.5 Å². The van der Waals surface area contributed by atoms with E-state index in [-0.39, 0.29) is 23.3 Å². The first-order valence-corrected chi connectivity index (χ1v) is 11.9. The highest BCUT2D eigenvalue weighted by Gasteiger charge is 2.29. The Labute approximate surface area is 208 Å². The SMILES string of the molecule is O=C(NCc1ccc(Cn2ccccc2=O)cc1)C1CCCN(C(=O)c2ccc(Cl)c(Cl)c2)C1. The van der Waals surface area contributed by atoms with Crippen LogP contribution in [0.15, 0.2) is 71.7 Å². The van der Waals surface area contributed by atoms with Crippen LogP contribution in [0.5, 0.6) is 0 Å². The van der Waals surface area contributed by atoms with Crippen molar-refractivity contribution >= 4 is 35.0 Å². The van der Waals surface area contributed by atoms with Crippen molar-refractivity contribution in [2.24, 2.45) is 5.92 Å². The Bertz CT molecular complexity index is 1240. The van der Waals surface area contributed by atoms with E-state index < -0.39 is 0 Å². The van der Waals surface area contributed by atoms with Crippen LogP contribution in [0, 0.1) is 5.92 Å². The average Bonchev–Trinajstić information content (AvgIpc) is 2.86. The number of hydrogen-bond donors (Lipinski definition) is 1. The third-order valence-corrected chi connectivity index (χ3v) is 6.73. The van der Waals surface area contributed by atoms with Crippen molar-refractivity contribution in [3.8, 4) is 0 Å².